The van der Waals surface area contributed by atoms with Crippen LogP contribution in [0.15, 0.2) is 24.3 Å². The molecule has 3 atom stereocenters. The quantitative estimate of drug-likeness (QED) is 0.802. The van der Waals surface area contributed by atoms with E-state index in [-0.39, 0.29) is 24.0 Å². The zero-order valence-electron chi connectivity index (χ0n) is 16.7. The minimum atomic E-state index is -0.941. The normalized spacial score (nSPS) is 28.0. The molecule has 2 amide bonds. The zero-order valence-corrected chi connectivity index (χ0v) is 16.7. The van der Waals surface area contributed by atoms with Crippen molar-refractivity contribution in [3.63, 3.8) is 0 Å². The molecule has 6 nitrogen and oxygen atoms in total. The Morgan fingerprint density at radius 3 is 2.78 bits per heavy atom. The van der Waals surface area contributed by atoms with Crippen molar-refractivity contribution in [2.24, 2.45) is 11.1 Å². The maximum atomic E-state index is 12.9. The summed E-state index contributed by atoms with van der Waals surface area (Å²) in [5.41, 5.74) is 6.96. The Morgan fingerprint density at radius 1 is 1.44 bits per heavy atom. The van der Waals surface area contributed by atoms with E-state index in [0.29, 0.717) is 19.4 Å². The summed E-state index contributed by atoms with van der Waals surface area (Å²) in [5, 5.41) is 3.06. The van der Waals surface area contributed by atoms with Crippen LogP contribution in [0, 0.1) is 5.41 Å². The van der Waals surface area contributed by atoms with E-state index in [4.69, 9.17) is 10.5 Å². The summed E-state index contributed by atoms with van der Waals surface area (Å²) >= 11 is 0. The van der Waals surface area contributed by atoms with Crippen molar-refractivity contribution in [2.75, 3.05) is 18.1 Å². The molecule has 1 heterocycles. The fourth-order valence-corrected chi connectivity index (χ4v) is 4.11. The summed E-state index contributed by atoms with van der Waals surface area (Å²) < 4.78 is 5.71. The van der Waals surface area contributed by atoms with Crippen molar-refractivity contribution in [2.45, 2.75) is 64.6 Å². The second-order valence-corrected chi connectivity index (χ2v) is 8.28. The number of carbonyl (C=O) groups excluding carboxylic acids is 2. The molecule has 1 aliphatic heterocycles. The van der Waals surface area contributed by atoms with Crippen molar-refractivity contribution >= 4 is 17.5 Å². The predicted octanol–water partition coefficient (Wildman–Crippen LogP) is 2.52. The molecule has 0 aromatic heterocycles. The molecule has 1 aromatic rings. The smallest absolute Gasteiger partial charge is 0.241 e. The molecule has 0 spiro atoms. The van der Waals surface area contributed by atoms with Crippen LogP contribution in [-0.2, 0) is 14.3 Å². The third-order valence-corrected chi connectivity index (χ3v) is 6.34. The molecule has 1 saturated carbocycles. The number of nitrogens with two attached hydrogens (primary N) is 1. The van der Waals surface area contributed by atoms with Gasteiger partial charge in [0.25, 0.3) is 0 Å². The van der Waals surface area contributed by atoms with Crippen LogP contribution in [0.25, 0.3) is 0 Å². The largest absolute Gasteiger partial charge is 0.378 e. The van der Waals surface area contributed by atoms with Gasteiger partial charge in [-0.2, -0.15) is 0 Å². The summed E-state index contributed by atoms with van der Waals surface area (Å²) in [6, 6.07) is 7.61. The number of hydrogen-bond acceptors (Lipinski definition) is 4. The Hall–Kier alpha value is -1.92. The average Bonchev–Trinajstić information content (AvgIpc) is 3.07. The van der Waals surface area contributed by atoms with Crippen LogP contribution >= 0.6 is 0 Å². The molecular formula is C21H31N3O3. The first-order valence-electron chi connectivity index (χ1n) is 9.82. The predicted molar refractivity (Wildman–Crippen MR) is 105 cm³/mol. The van der Waals surface area contributed by atoms with Gasteiger partial charge < -0.3 is 20.7 Å². The van der Waals surface area contributed by atoms with E-state index in [2.05, 4.69) is 5.32 Å². The van der Waals surface area contributed by atoms with Gasteiger partial charge in [0.05, 0.1) is 12.1 Å². The Kier molecular flexibility index (Phi) is 5.32. The minimum Gasteiger partial charge on any atom is -0.378 e. The van der Waals surface area contributed by atoms with E-state index in [1.165, 1.54) is 0 Å². The molecule has 2 fully saturated rings. The Bertz CT molecular complexity index is 733. The van der Waals surface area contributed by atoms with Crippen LogP contribution in [0.3, 0.4) is 0 Å². The topological polar surface area (TPSA) is 84.7 Å². The summed E-state index contributed by atoms with van der Waals surface area (Å²) in [6.45, 7) is 9.23. The van der Waals surface area contributed by atoms with Gasteiger partial charge in [0.2, 0.25) is 11.8 Å². The number of amides is 2. The van der Waals surface area contributed by atoms with E-state index in [1.54, 1.807) is 0 Å². The summed E-state index contributed by atoms with van der Waals surface area (Å²) in [7, 11) is 0. The number of nitrogens with zero attached hydrogens (tertiary/aromatic N) is 1. The van der Waals surface area contributed by atoms with Gasteiger partial charge >= 0.3 is 0 Å². The van der Waals surface area contributed by atoms with Crippen molar-refractivity contribution in [3.8, 4) is 0 Å². The monoisotopic (exact) mass is 373 g/mol. The van der Waals surface area contributed by atoms with Gasteiger partial charge in [-0.05, 0) is 38.0 Å². The first-order chi connectivity index (χ1) is 12.7. The third-order valence-electron chi connectivity index (χ3n) is 6.34. The van der Waals surface area contributed by atoms with Gasteiger partial charge in [-0.1, -0.05) is 26.0 Å². The SMILES string of the molecule is CCOC1CC(N)(C(=O)NC(C)c2cccc(N3CCCC3=O)c2)C1(C)C. The van der Waals surface area contributed by atoms with Crippen molar-refractivity contribution < 1.29 is 14.3 Å². The lowest BCUT2D eigenvalue weighted by molar-refractivity contribution is -0.171. The van der Waals surface area contributed by atoms with Gasteiger partial charge in [-0.25, -0.2) is 0 Å². The molecule has 1 aromatic carbocycles. The average molecular weight is 373 g/mol. The number of anilines is 1. The van der Waals surface area contributed by atoms with Crippen molar-refractivity contribution in [1.82, 2.24) is 5.32 Å². The first kappa shape index (κ1) is 19.8. The molecule has 1 aliphatic carbocycles. The van der Waals surface area contributed by atoms with Gasteiger partial charge in [-0.3, -0.25) is 9.59 Å². The van der Waals surface area contributed by atoms with Crippen LogP contribution < -0.4 is 16.0 Å². The number of nitrogens with one attached hydrogen (secondary N) is 1. The lowest BCUT2D eigenvalue weighted by Gasteiger charge is -2.57. The lowest BCUT2D eigenvalue weighted by atomic mass is 9.54. The van der Waals surface area contributed by atoms with Gasteiger partial charge in [0.15, 0.2) is 0 Å². The fraction of sp³-hybridized carbons (Fsp3) is 0.619. The molecule has 6 heteroatoms. The third kappa shape index (κ3) is 3.36. The molecule has 0 bridgehead atoms. The number of ether oxygens (including phenoxy) is 1. The van der Waals surface area contributed by atoms with Gasteiger partial charge in [-0.15, -0.1) is 0 Å². The Labute approximate surface area is 161 Å². The number of rotatable bonds is 6. The summed E-state index contributed by atoms with van der Waals surface area (Å²) in [4.78, 5) is 26.7. The van der Waals surface area contributed by atoms with Gasteiger partial charge in [0.1, 0.15) is 5.54 Å². The van der Waals surface area contributed by atoms with E-state index in [0.717, 1.165) is 24.2 Å². The Balaban J connectivity index is 1.70. The van der Waals surface area contributed by atoms with Crippen LogP contribution in [0.5, 0.6) is 0 Å². The highest BCUT2D eigenvalue weighted by molar-refractivity contribution is 5.95. The van der Waals surface area contributed by atoms with Crippen LogP contribution in [-0.4, -0.2) is 36.6 Å². The molecule has 0 radical (unpaired) electrons. The fourth-order valence-electron chi connectivity index (χ4n) is 4.11. The number of carbonyl (C=O) groups is 2. The van der Waals surface area contributed by atoms with Gasteiger partial charge in [0, 0.05) is 37.1 Å². The van der Waals surface area contributed by atoms with E-state index in [1.807, 2.05) is 56.9 Å². The lowest BCUT2D eigenvalue weighted by Crippen LogP contribution is -2.75. The molecule has 3 rings (SSSR count). The van der Waals surface area contributed by atoms with E-state index < -0.39 is 11.0 Å². The second-order valence-electron chi connectivity index (χ2n) is 8.28. The maximum Gasteiger partial charge on any atom is 0.241 e. The molecule has 2 aliphatic rings. The summed E-state index contributed by atoms with van der Waals surface area (Å²) in [5.74, 6) is 0.00142. The highest BCUT2D eigenvalue weighted by atomic mass is 16.5. The maximum absolute atomic E-state index is 12.9. The van der Waals surface area contributed by atoms with Crippen LogP contribution in [0.1, 0.15) is 58.6 Å². The molecule has 1 saturated heterocycles. The zero-order chi connectivity index (χ0) is 19.8. The van der Waals surface area contributed by atoms with Crippen molar-refractivity contribution in [1.29, 1.82) is 0 Å². The van der Waals surface area contributed by atoms with Crippen molar-refractivity contribution in [3.05, 3.63) is 29.8 Å². The number of hydrogen-bond donors (Lipinski definition) is 2. The van der Waals surface area contributed by atoms with Crippen LogP contribution in [0.2, 0.25) is 0 Å². The molecular weight excluding hydrogens is 342 g/mol. The molecule has 148 valence electrons. The number of benzene rings is 1. The highest BCUT2D eigenvalue weighted by Gasteiger charge is 2.62. The van der Waals surface area contributed by atoms with E-state index >= 15 is 0 Å². The standard InChI is InChI=1S/C21H31N3O3/c1-5-27-17-13-21(22,20(17,3)4)19(26)23-14(2)15-8-6-9-16(12-15)24-11-7-10-18(24)25/h6,8-9,12,14,17H,5,7,10-11,13,22H2,1-4H3,(H,23,26). The second kappa shape index (κ2) is 7.24. The van der Waals surface area contributed by atoms with Crippen LogP contribution in [0.4, 0.5) is 5.69 Å². The summed E-state index contributed by atoms with van der Waals surface area (Å²) in [6.07, 6.45) is 2.01. The minimum absolute atomic E-state index is 0.00179. The molecule has 3 unspecified atom stereocenters. The highest BCUT2D eigenvalue weighted by Crippen LogP contribution is 2.50. The van der Waals surface area contributed by atoms with E-state index in [9.17, 15) is 9.59 Å². The molecule has 27 heavy (non-hydrogen) atoms. The first-order valence-corrected chi connectivity index (χ1v) is 9.82. The molecule has 3 N–H and O–H groups in total. The Morgan fingerprint density at radius 2 is 2.19 bits per heavy atom.